The summed E-state index contributed by atoms with van der Waals surface area (Å²) in [7, 11) is 0. The highest BCUT2D eigenvalue weighted by Crippen LogP contribution is 2.06. The van der Waals surface area contributed by atoms with Gasteiger partial charge in [0.2, 0.25) is 0 Å². The molecule has 0 bridgehead atoms. The van der Waals surface area contributed by atoms with E-state index in [4.69, 9.17) is 5.11 Å². The van der Waals surface area contributed by atoms with E-state index in [0.717, 1.165) is 5.92 Å². The third kappa shape index (κ3) is 17.8. The lowest BCUT2D eigenvalue weighted by atomic mass is 10.00. The van der Waals surface area contributed by atoms with E-state index in [-0.39, 0.29) is 0 Å². The predicted molar refractivity (Wildman–Crippen MR) is 51.6 cm³/mol. The summed E-state index contributed by atoms with van der Waals surface area (Å²) in [6.45, 7) is 13.1. The van der Waals surface area contributed by atoms with Gasteiger partial charge in [0.25, 0.3) is 0 Å². The Morgan fingerprint density at radius 1 is 0.909 bits per heavy atom. The molecule has 0 aromatic carbocycles. The van der Waals surface area contributed by atoms with Gasteiger partial charge in [-0.3, -0.25) is 0 Å². The van der Waals surface area contributed by atoms with Crippen LogP contribution in [0.5, 0.6) is 0 Å². The second kappa shape index (κ2) is 8.06. The quantitative estimate of drug-likeness (QED) is 0.658. The van der Waals surface area contributed by atoms with Crippen LogP contribution >= 0.6 is 0 Å². The molecule has 0 aliphatic heterocycles. The maximum atomic E-state index is 8.51. The van der Waals surface area contributed by atoms with Crippen LogP contribution in [0, 0.1) is 17.8 Å². The van der Waals surface area contributed by atoms with Gasteiger partial charge in [-0.2, -0.15) is 0 Å². The van der Waals surface area contributed by atoms with Crippen molar-refractivity contribution < 1.29 is 5.11 Å². The molecule has 0 aromatic heterocycles. The Morgan fingerprint density at radius 3 is 1.18 bits per heavy atom. The van der Waals surface area contributed by atoms with Crippen molar-refractivity contribution in [3.05, 3.63) is 0 Å². The van der Waals surface area contributed by atoms with Gasteiger partial charge in [-0.15, -0.1) is 0 Å². The first kappa shape index (κ1) is 13.5. The van der Waals surface area contributed by atoms with Crippen molar-refractivity contribution >= 4 is 0 Å². The lowest BCUT2D eigenvalue weighted by Gasteiger charge is -2.09. The zero-order valence-corrected chi connectivity index (χ0v) is 8.89. The van der Waals surface area contributed by atoms with Crippen LogP contribution < -0.4 is 0 Å². The minimum atomic E-state index is 0.317. The molecule has 1 atom stereocenters. The Bertz CT molecular complexity index is 64.5. The van der Waals surface area contributed by atoms with E-state index in [1.807, 2.05) is 6.92 Å². The van der Waals surface area contributed by atoms with Crippen LogP contribution in [-0.4, -0.2) is 11.7 Å². The highest BCUT2D eigenvalue weighted by Gasteiger charge is 2.02. The zero-order chi connectivity index (χ0) is 9.44. The van der Waals surface area contributed by atoms with E-state index in [1.165, 1.54) is 0 Å². The molecule has 0 aliphatic rings. The molecule has 0 amide bonds. The van der Waals surface area contributed by atoms with Gasteiger partial charge in [-0.05, 0) is 17.8 Å². The number of aliphatic hydroxyl groups excluding tert-OH is 1. The molecule has 0 saturated carbocycles. The van der Waals surface area contributed by atoms with E-state index in [1.54, 1.807) is 0 Å². The monoisotopic (exact) mass is 160 g/mol. The lowest BCUT2D eigenvalue weighted by molar-refractivity contribution is 0.203. The molecular formula is C10H24O. The molecule has 0 fully saturated rings. The first-order chi connectivity index (χ1) is 4.91. The first-order valence-electron chi connectivity index (χ1n) is 4.52. The van der Waals surface area contributed by atoms with Crippen molar-refractivity contribution in [1.82, 2.24) is 0 Å². The summed E-state index contributed by atoms with van der Waals surface area (Å²) in [5, 5.41) is 8.51. The van der Waals surface area contributed by atoms with E-state index in [0.29, 0.717) is 18.4 Å². The number of aliphatic hydroxyl groups is 1. The van der Waals surface area contributed by atoms with Crippen molar-refractivity contribution in [2.45, 2.75) is 41.5 Å². The largest absolute Gasteiger partial charge is 0.396 e. The predicted octanol–water partition coefficient (Wildman–Crippen LogP) is 2.93. The average Bonchev–Trinajstić information content (AvgIpc) is 1.85. The second-order valence-corrected chi connectivity index (χ2v) is 4.14. The average molecular weight is 160 g/mol. The van der Waals surface area contributed by atoms with Crippen LogP contribution in [-0.2, 0) is 0 Å². The molecule has 70 valence electrons. The standard InChI is InChI=1S/C6H14O.C4H10/c1-5(2)6(3)4-7;1-4(2)3/h5-7H,4H2,1-3H3;4H,1-3H3. The van der Waals surface area contributed by atoms with Gasteiger partial charge in [0.15, 0.2) is 0 Å². The molecule has 0 spiro atoms. The van der Waals surface area contributed by atoms with Gasteiger partial charge in [0.1, 0.15) is 0 Å². The molecule has 0 radical (unpaired) electrons. The highest BCUT2D eigenvalue weighted by molar-refractivity contribution is 4.52. The minimum absolute atomic E-state index is 0.317. The third-order valence-corrected chi connectivity index (χ3v) is 1.43. The lowest BCUT2D eigenvalue weighted by Crippen LogP contribution is -2.07. The van der Waals surface area contributed by atoms with Crippen molar-refractivity contribution in [3.63, 3.8) is 0 Å². The Balaban J connectivity index is 0. The Morgan fingerprint density at radius 2 is 1.18 bits per heavy atom. The van der Waals surface area contributed by atoms with Crippen molar-refractivity contribution in [2.24, 2.45) is 17.8 Å². The summed E-state index contributed by atoms with van der Waals surface area (Å²) in [5.41, 5.74) is 0. The summed E-state index contributed by atoms with van der Waals surface area (Å²) in [5.74, 6) is 1.91. The maximum absolute atomic E-state index is 8.51. The summed E-state index contributed by atoms with van der Waals surface area (Å²) in [4.78, 5) is 0. The van der Waals surface area contributed by atoms with Gasteiger partial charge in [-0.25, -0.2) is 0 Å². The fraction of sp³-hybridized carbons (Fsp3) is 1.00. The Hall–Kier alpha value is -0.0400. The van der Waals surface area contributed by atoms with Crippen LogP contribution in [0.15, 0.2) is 0 Å². The van der Waals surface area contributed by atoms with Crippen molar-refractivity contribution in [2.75, 3.05) is 6.61 Å². The SMILES string of the molecule is CC(C)C.CC(C)C(C)CO. The number of rotatable bonds is 2. The fourth-order valence-corrected chi connectivity index (χ4v) is 0.211. The van der Waals surface area contributed by atoms with Crippen LogP contribution in [0.25, 0.3) is 0 Å². The van der Waals surface area contributed by atoms with Crippen LogP contribution in [0.3, 0.4) is 0 Å². The molecule has 0 heterocycles. The molecule has 0 rings (SSSR count). The van der Waals surface area contributed by atoms with E-state index in [2.05, 4.69) is 34.6 Å². The summed E-state index contributed by atoms with van der Waals surface area (Å²) >= 11 is 0. The van der Waals surface area contributed by atoms with E-state index >= 15 is 0 Å². The van der Waals surface area contributed by atoms with E-state index < -0.39 is 0 Å². The number of hydrogen-bond acceptors (Lipinski definition) is 1. The fourth-order valence-electron chi connectivity index (χ4n) is 0.211. The third-order valence-electron chi connectivity index (χ3n) is 1.43. The molecule has 0 aliphatic carbocycles. The van der Waals surface area contributed by atoms with Crippen LogP contribution in [0.2, 0.25) is 0 Å². The van der Waals surface area contributed by atoms with Crippen LogP contribution in [0.1, 0.15) is 41.5 Å². The molecule has 1 nitrogen and oxygen atoms in total. The summed E-state index contributed by atoms with van der Waals surface area (Å²) in [6, 6.07) is 0. The number of hydrogen-bond donors (Lipinski definition) is 1. The topological polar surface area (TPSA) is 20.2 Å². The van der Waals surface area contributed by atoms with Gasteiger partial charge >= 0.3 is 0 Å². The normalized spacial score (nSPS) is 12.8. The molecule has 0 aromatic rings. The van der Waals surface area contributed by atoms with E-state index in [9.17, 15) is 0 Å². The van der Waals surface area contributed by atoms with Gasteiger partial charge in [-0.1, -0.05) is 41.5 Å². The molecule has 1 unspecified atom stereocenters. The second-order valence-electron chi connectivity index (χ2n) is 4.14. The molecule has 0 saturated heterocycles. The Kier molecular flexibility index (Phi) is 9.92. The van der Waals surface area contributed by atoms with Gasteiger partial charge < -0.3 is 5.11 Å². The molecule has 1 heteroatoms. The molecule has 1 N–H and O–H groups in total. The highest BCUT2D eigenvalue weighted by atomic mass is 16.3. The van der Waals surface area contributed by atoms with Gasteiger partial charge in [0, 0.05) is 6.61 Å². The smallest absolute Gasteiger partial charge is 0.0459 e. The van der Waals surface area contributed by atoms with Crippen molar-refractivity contribution in [1.29, 1.82) is 0 Å². The Labute approximate surface area is 71.8 Å². The zero-order valence-electron chi connectivity index (χ0n) is 8.89. The van der Waals surface area contributed by atoms with Crippen LogP contribution in [0.4, 0.5) is 0 Å². The molecular weight excluding hydrogens is 136 g/mol. The minimum Gasteiger partial charge on any atom is -0.396 e. The first-order valence-corrected chi connectivity index (χ1v) is 4.52. The van der Waals surface area contributed by atoms with Crippen molar-refractivity contribution in [3.8, 4) is 0 Å². The summed E-state index contributed by atoms with van der Waals surface area (Å²) in [6.07, 6.45) is 0. The molecule has 11 heavy (non-hydrogen) atoms. The maximum Gasteiger partial charge on any atom is 0.0459 e. The van der Waals surface area contributed by atoms with Gasteiger partial charge in [0.05, 0.1) is 0 Å². The summed E-state index contributed by atoms with van der Waals surface area (Å²) < 4.78 is 0.